The zero-order chi connectivity index (χ0) is 13.8. The number of hydrogen-bond donors (Lipinski definition) is 1. The fourth-order valence-corrected chi connectivity index (χ4v) is 2.83. The fraction of sp³-hybridized carbons (Fsp3) is 0.250. The van der Waals surface area contributed by atoms with Crippen LogP contribution in [0.5, 0.6) is 5.75 Å². The molecule has 2 nitrogen and oxygen atoms in total. The number of para-hydroxylation sites is 1. The van der Waals surface area contributed by atoms with E-state index in [9.17, 15) is 0 Å². The molecule has 0 saturated carbocycles. The number of nitrogens with two attached hydrogens (primary N) is 1. The van der Waals surface area contributed by atoms with Crippen molar-refractivity contribution in [3.05, 3.63) is 63.6 Å². The van der Waals surface area contributed by atoms with Crippen LogP contribution in [0.2, 0.25) is 0 Å². The van der Waals surface area contributed by atoms with Gasteiger partial charge in [0.15, 0.2) is 0 Å². The van der Waals surface area contributed by atoms with Gasteiger partial charge in [-0.05, 0) is 48.2 Å². The third kappa shape index (κ3) is 3.58. The average Bonchev–Trinajstić information content (AvgIpc) is 2.38. The van der Waals surface area contributed by atoms with Gasteiger partial charge in [-0.2, -0.15) is 0 Å². The van der Waals surface area contributed by atoms with E-state index in [1.807, 2.05) is 18.2 Å². The standard InChI is InChI=1S/C16H18BrNO/c1-11-7-13(9-14(17)8-11)15(18)10-12-5-3-4-6-16(12)19-2/h3-9,15H,10,18H2,1-2H3. The Morgan fingerprint density at radius 3 is 2.63 bits per heavy atom. The number of halogens is 1. The number of aryl methyl sites for hydroxylation is 1. The maximum Gasteiger partial charge on any atom is 0.122 e. The lowest BCUT2D eigenvalue weighted by atomic mass is 9.98. The average molecular weight is 320 g/mol. The molecular formula is C16H18BrNO. The number of methoxy groups -OCH3 is 1. The molecule has 0 aromatic heterocycles. The Kier molecular flexibility index (Phi) is 4.61. The number of ether oxygens (including phenoxy) is 1. The van der Waals surface area contributed by atoms with Gasteiger partial charge in [0.1, 0.15) is 5.75 Å². The van der Waals surface area contributed by atoms with E-state index in [0.29, 0.717) is 0 Å². The first kappa shape index (κ1) is 14.1. The lowest BCUT2D eigenvalue weighted by Crippen LogP contribution is -2.14. The Balaban J connectivity index is 2.22. The van der Waals surface area contributed by atoms with Gasteiger partial charge in [-0.1, -0.05) is 40.2 Å². The predicted octanol–water partition coefficient (Wildman–Crippen LogP) is 4.01. The molecule has 0 heterocycles. The molecular weight excluding hydrogens is 302 g/mol. The first-order chi connectivity index (χ1) is 9.10. The number of benzene rings is 2. The van der Waals surface area contributed by atoms with Crippen LogP contribution in [0.4, 0.5) is 0 Å². The van der Waals surface area contributed by atoms with E-state index < -0.39 is 0 Å². The van der Waals surface area contributed by atoms with E-state index in [1.165, 1.54) is 5.56 Å². The highest BCUT2D eigenvalue weighted by atomic mass is 79.9. The van der Waals surface area contributed by atoms with E-state index in [1.54, 1.807) is 7.11 Å². The summed E-state index contributed by atoms with van der Waals surface area (Å²) in [5.74, 6) is 0.893. The summed E-state index contributed by atoms with van der Waals surface area (Å²) in [7, 11) is 1.69. The number of rotatable bonds is 4. The lowest BCUT2D eigenvalue weighted by molar-refractivity contribution is 0.408. The minimum absolute atomic E-state index is 0.0347. The predicted molar refractivity (Wildman–Crippen MR) is 82.5 cm³/mol. The fourth-order valence-electron chi connectivity index (χ4n) is 2.21. The molecule has 0 aliphatic rings. The molecule has 1 atom stereocenters. The third-order valence-electron chi connectivity index (χ3n) is 3.12. The van der Waals surface area contributed by atoms with Crippen molar-refractivity contribution in [1.82, 2.24) is 0 Å². The molecule has 2 aromatic carbocycles. The second-order valence-corrected chi connectivity index (χ2v) is 5.60. The summed E-state index contributed by atoms with van der Waals surface area (Å²) >= 11 is 3.51. The van der Waals surface area contributed by atoms with Gasteiger partial charge < -0.3 is 10.5 Å². The molecule has 2 rings (SSSR count). The van der Waals surface area contributed by atoms with Crippen molar-refractivity contribution in [3.8, 4) is 5.75 Å². The summed E-state index contributed by atoms with van der Waals surface area (Å²) in [6.45, 7) is 2.07. The van der Waals surface area contributed by atoms with Crippen LogP contribution in [0, 0.1) is 6.92 Å². The topological polar surface area (TPSA) is 35.2 Å². The van der Waals surface area contributed by atoms with E-state index in [2.05, 4.69) is 47.1 Å². The maximum atomic E-state index is 6.31. The van der Waals surface area contributed by atoms with Crippen LogP contribution in [-0.4, -0.2) is 7.11 Å². The highest BCUT2D eigenvalue weighted by Gasteiger charge is 2.11. The molecule has 0 aliphatic heterocycles. The highest BCUT2D eigenvalue weighted by molar-refractivity contribution is 9.10. The maximum absolute atomic E-state index is 6.31. The van der Waals surface area contributed by atoms with Gasteiger partial charge in [-0.15, -0.1) is 0 Å². The van der Waals surface area contributed by atoms with Crippen LogP contribution in [0.3, 0.4) is 0 Å². The van der Waals surface area contributed by atoms with Crippen LogP contribution in [0.15, 0.2) is 46.9 Å². The molecule has 3 heteroatoms. The molecule has 0 aliphatic carbocycles. The van der Waals surface area contributed by atoms with Crippen LogP contribution in [0.25, 0.3) is 0 Å². The van der Waals surface area contributed by atoms with Gasteiger partial charge in [0, 0.05) is 10.5 Å². The van der Waals surface area contributed by atoms with Gasteiger partial charge >= 0.3 is 0 Å². The van der Waals surface area contributed by atoms with Crippen LogP contribution in [-0.2, 0) is 6.42 Å². The van der Waals surface area contributed by atoms with Crippen molar-refractivity contribution >= 4 is 15.9 Å². The highest BCUT2D eigenvalue weighted by Crippen LogP contribution is 2.25. The quantitative estimate of drug-likeness (QED) is 0.924. The van der Waals surface area contributed by atoms with E-state index >= 15 is 0 Å². The molecule has 2 N–H and O–H groups in total. The number of hydrogen-bond acceptors (Lipinski definition) is 2. The van der Waals surface area contributed by atoms with Gasteiger partial charge in [0.05, 0.1) is 7.11 Å². The molecule has 0 bridgehead atoms. The second-order valence-electron chi connectivity index (χ2n) is 4.68. The monoisotopic (exact) mass is 319 g/mol. The molecule has 19 heavy (non-hydrogen) atoms. The SMILES string of the molecule is COc1ccccc1CC(N)c1cc(C)cc(Br)c1. The van der Waals surface area contributed by atoms with Crippen molar-refractivity contribution < 1.29 is 4.74 Å². The lowest BCUT2D eigenvalue weighted by Gasteiger charge is -2.15. The zero-order valence-corrected chi connectivity index (χ0v) is 12.8. The minimum Gasteiger partial charge on any atom is -0.496 e. The van der Waals surface area contributed by atoms with Crippen LogP contribution >= 0.6 is 15.9 Å². The van der Waals surface area contributed by atoms with Crippen molar-refractivity contribution in [3.63, 3.8) is 0 Å². The Labute approximate surface area is 122 Å². The normalized spacial score (nSPS) is 12.2. The van der Waals surface area contributed by atoms with E-state index in [-0.39, 0.29) is 6.04 Å². The molecule has 2 aromatic rings. The third-order valence-corrected chi connectivity index (χ3v) is 3.58. The molecule has 0 radical (unpaired) electrons. The summed E-state index contributed by atoms with van der Waals surface area (Å²) in [5, 5.41) is 0. The minimum atomic E-state index is -0.0347. The van der Waals surface area contributed by atoms with Gasteiger partial charge in [0.2, 0.25) is 0 Å². The zero-order valence-electron chi connectivity index (χ0n) is 11.2. The summed E-state index contributed by atoms with van der Waals surface area (Å²) in [4.78, 5) is 0. The van der Waals surface area contributed by atoms with Crippen molar-refractivity contribution in [2.24, 2.45) is 5.73 Å². The van der Waals surface area contributed by atoms with Crippen LogP contribution in [0.1, 0.15) is 22.7 Å². The first-order valence-corrected chi connectivity index (χ1v) is 7.04. The summed E-state index contributed by atoms with van der Waals surface area (Å²) in [5.41, 5.74) is 9.79. The second kappa shape index (κ2) is 6.22. The van der Waals surface area contributed by atoms with Gasteiger partial charge in [-0.25, -0.2) is 0 Å². The summed E-state index contributed by atoms with van der Waals surface area (Å²) < 4.78 is 6.43. The van der Waals surface area contributed by atoms with Gasteiger partial charge in [-0.3, -0.25) is 0 Å². The van der Waals surface area contributed by atoms with Crippen LogP contribution < -0.4 is 10.5 Å². The first-order valence-electron chi connectivity index (χ1n) is 6.24. The van der Waals surface area contributed by atoms with Gasteiger partial charge in [0.25, 0.3) is 0 Å². The molecule has 0 amide bonds. The van der Waals surface area contributed by atoms with E-state index in [4.69, 9.17) is 10.5 Å². The Hall–Kier alpha value is -1.32. The molecule has 0 spiro atoms. The molecule has 0 saturated heterocycles. The Morgan fingerprint density at radius 2 is 1.95 bits per heavy atom. The van der Waals surface area contributed by atoms with Crippen molar-refractivity contribution in [2.45, 2.75) is 19.4 Å². The molecule has 100 valence electrons. The Bertz CT molecular complexity index is 548. The van der Waals surface area contributed by atoms with Crippen molar-refractivity contribution in [1.29, 1.82) is 0 Å². The molecule has 1 unspecified atom stereocenters. The Morgan fingerprint density at radius 1 is 1.21 bits per heavy atom. The largest absolute Gasteiger partial charge is 0.496 e. The van der Waals surface area contributed by atoms with Crippen molar-refractivity contribution in [2.75, 3.05) is 7.11 Å². The smallest absolute Gasteiger partial charge is 0.122 e. The summed E-state index contributed by atoms with van der Waals surface area (Å²) in [6, 6.07) is 14.3. The summed E-state index contributed by atoms with van der Waals surface area (Å²) in [6.07, 6.45) is 0.764. The molecule has 0 fully saturated rings. The van der Waals surface area contributed by atoms with E-state index in [0.717, 1.165) is 27.8 Å².